The van der Waals surface area contributed by atoms with Crippen molar-refractivity contribution in [3.8, 4) is 17.2 Å². The van der Waals surface area contributed by atoms with E-state index in [1.807, 2.05) is 45.9 Å². The Bertz CT molecular complexity index is 1010. The standard InChI is InChI=1S/C25H28ClNO5/c1-5-30-20-12-7-17(15-21(20)31-6-2)13-14-27-24(28)22(23(26)25(27)29)18-8-10-19(11-9-18)32-16(3)4/h7-12,15-16H,5-6,13-14H2,1-4H3. The maximum Gasteiger partial charge on any atom is 0.273 e. The van der Waals surface area contributed by atoms with Crippen molar-refractivity contribution in [2.75, 3.05) is 19.8 Å². The Labute approximate surface area is 193 Å². The number of imide groups is 1. The fourth-order valence-electron chi connectivity index (χ4n) is 3.46. The van der Waals surface area contributed by atoms with E-state index in [9.17, 15) is 9.59 Å². The normalized spacial score (nSPS) is 13.9. The number of carbonyl (C=O) groups is 2. The summed E-state index contributed by atoms with van der Waals surface area (Å²) in [5, 5.41) is -0.0609. The molecule has 0 saturated heterocycles. The van der Waals surface area contributed by atoms with Gasteiger partial charge in [-0.2, -0.15) is 0 Å². The Morgan fingerprint density at radius 1 is 0.906 bits per heavy atom. The van der Waals surface area contributed by atoms with Gasteiger partial charge in [0, 0.05) is 6.54 Å². The van der Waals surface area contributed by atoms with E-state index < -0.39 is 11.8 Å². The quantitative estimate of drug-likeness (QED) is 0.478. The molecule has 1 heterocycles. The average Bonchev–Trinajstić information content (AvgIpc) is 2.97. The minimum absolute atomic E-state index is 0.0414. The van der Waals surface area contributed by atoms with Gasteiger partial charge in [-0.15, -0.1) is 0 Å². The molecule has 2 amide bonds. The van der Waals surface area contributed by atoms with Crippen LogP contribution in [0, 0.1) is 0 Å². The average molecular weight is 458 g/mol. The van der Waals surface area contributed by atoms with Crippen molar-refractivity contribution in [1.82, 2.24) is 4.90 Å². The molecule has 0 radical (unpaired) electrons. The van der Waals surface area contributed by atoms with Crippen LogP contribution in [0.4, 0.5) is 0 Å². The second kappa shape index (κ2) is 10.6. The van der Waals surface area contributed by atoms with Crippen LogP contribution in [-0.4, -0.2) is 42.6 Å². The molecule has 170 valence electrons. The summed E-state index contributed by atoms with van der Waals surface area (Å²) in [5.74, 6) is 1.13. The second-order valence-electron chi connectivity index (χ2n) is 7.54. The zero-order valence-electron chi connectivity index (χ0n) is 18.8. The van der Waals surface area contributed by atoms with E-state index in [2.05, 4.69) is 0 Å². The van der Waals surface area contributed by atoms with E-state index in [4.69, 9.17) is 25.8 Å². The maximum absolute atomic E-state index is 13.0. The van der Waals surface area contributed by atoms with Crippen molar-refractivity contribution in [2.45, 2.75) is 40.2 Å². The van der Waals surface area contributed by atoms with Gasteiger partial charge in [-0.25, -0.2) is 0 Å². The van der Waals surface area contributed by atoms with E-state index in [0.29, 0.717) is 42.4 Å². The SMILES string of the molecule is CCOc1ccc(CCN2C(=O)C(Cl)=C(c3ccc(OC(C)C)cc3)C2=O)cc1OCC. The van der Waals surface area contributed by atoms with Gasteiger partial charge in [0.1, 0.15) is 10.8 Å². The zero-order chi connectivity index (χ0) is 23.3. The molecule has 32 heavy (non-hydrogen) atoms. The molecule has 3 rings (SSSR count). The van der Waals surface area contributed by atoms with Gasteiger partial charge >= 0.3 is 0 Å². The molecule has 0 bridgehead atoms. The van der Waals surface area contributed by atoms with Crippen LogP contribution in [0.15, 0.2) is 47.5 Å². The summed E-state index contributed by atoms with van der Waals surface area (Å²) in [7, 11) is 0. The second-order valence-corrected chi connectivity index (χ2v) is 7.92. The first-order valence-corrected chi connectivity index (χ1v) is 11.1. The highest BCUT2D eigenvalue weighted by molar-refractivity contribution is 6.55. The Balaban J connectivity index is 1.72. The van der Waals surface area contributed by atoms with Gasteiger partial charge in [0.05, 0.1) is 24.9 Å². The van der Waals surface area contributed by atoms with Gasteiger partial charge in [-0.1, -0.05) is 29.8 Å². The Morgan fingerprint density at radius 3 is 2.19 bits per heavy atom. The zero-order valence-corrected chi connectivity index (χ0v) is 19.6. The predicted molar refractivity (Wildman–Crippen MR) is 124 cm³/mol. The lowest BCUT2D eigenvalue weighted by Gasteiger charge is -2.16. The smallest absolute Gasteiger partial charge is 0.273 e. The highest BCUT2D eigenvalue weighted by atomic mass is 35.5. The van der Waals surface area contributed by atoms with Crippen molar-refractivity contribution < 1.29 is 23.8 Å². The first-order valence-electron chi connectivity index (χ1n) is 10.8. The van der Waals surface area contributed by atoms with Gasteiger partial charge in [-0.3, -0.25) is 14.5 Å². The van der Waals surface area contributed by atoms with Crippen molar-refractivity contribution >= 4 is 29.0 Å². The molecule has 2 aromatic carbocycles. The first-order chi connectivity index (χ1) is 15.3. The van der Waals surface area contributed by atoms with Crippen LogP contribution in [0.25, 0.3) is 5.57 Å². The summed E-state index contributed by atoms with van der Waals surface area (Å²) >= 11 is 6.28. The van der Waals surface area contributed by atoms with E-state index in [-0.39, 0.29) is 23.3 Å². The molecule has 0 aliphatic carbocycles. The van der Waals surface area contributed by atoms with Crippen molar-refractivity contribution in [2.24, 2.45) is 0 Å². The molecule has 0 unspecified atom stereocenters. The number of amides is 2. The number of hydrogen-bond donors (Lipinski definition) is 0. The molecule has 0 spiro atoms. The van der Waals surface area contributed by atoms with E-state index in [0.717, 1.165) is 5.56 Å². The first kappa shape index (κ1) is 23.7. The van der Waals surface area contributed by atoms with Crippen LogP contribution in [0.3, 0.4) is 0 Å². The Kier molecular flexibility index (Phi) is 7.80. The van der Waals surface area contributed by atoms with Crippen LogP contribution in [0.5, 0.6) is 17.2 Å². The number of benzene rings is 2. The number of carbonyl (C=O) groups excluding carboxylic acids is 2. The number of hydrogen-bond acceptors (Lipinski definition) is 5. The minimum atomic E-state index is -0.481. The minimum Gasteiger partial charge on any atom is -0.491 e. The fraction of sp³-hybridized carbons (Fsp3) is 0.360. The summed E-state index contributed by atoms with van der Waals surface area (Å²) in [4.78, 5) is 26.9. The van der Waals surface area contributed by atoms with Gasteiger partial charge in [-0.05, 0) is 69.5 Å². The molecule has 0 aromatic heterocycles. The van der Waals surface area contributed by atoms with Gasteiger partial charge in [0.15, 0.2) is 11.5 Å². The molecule has 0 saturated carbocycles. The van der Waals surface area contributed by atoms with Crippen molar-refractivity contribution in [3.63, 3.8) is 0 Å². The van der Waals surface area contributed by atoms with Gasteiger partial charge < -0.3 is 14.2 Å². The monoisotopic (exact) mass is 457 g/mol. The van der Waals surface area contributed by atoms with Crippen LogP contribution < -0.4 is 14.2 Å². The van der Waals surface area contributed by atoms with Crippen LogP contribution in [0.2, 0.25) is 0 Å². The topological polar surface area (TPSA) is 65.1 Å². The van der Waals surface area contributed by atoms with Crippen LogP contribution >= 0.6 is 11.6 Å². The lowest BCUT2D eigenvalue weighted by Crippen LogP contribution is -2.33. The van der Waals surface area contributed by atoms with E-state index in [1.165, 1.54) is 4.90 Å². The molecule has 1 aliphatic rings. The van der Waals surface area contributed by atoms with Crippen LogP contribution in [-0.2, 0) is 16.0 Å². The van der Waals surface area contributed by atoms with E-state index >= 15 is 0 Å². The molecule has 1 aliphatic heterocycles. The van der Waals surface area contributed by atoms with Crippen molar-refractivity contribution in [1.29, 1.82) is 0 Å². The van der Waals surface area contributed by atoms with E-state index in [1.54, 1.807) is 24.3 Å². The van der Waals surface area contributed by atoms with Crippen molar-refractivity contribution in [3.05, 3.63) is 58.6 Å². The maximum atomic E-state index is 13.0. The number of ether oxygens (including phenoxy) is 3. The lowest BCUT2D eigenvalue weighted by molar-refractivity contribution is -0.136. The summed E-state index contributed by atoms with van der Waals surface area (Å²) < 4.78 is 16.9. The highest BCUT2D eigenvalue weighted by Gasteiger charge is 2.37. The molecule has 0 atom stereocenters. The lowest BCUT2D eigenvalue weighted by atomic mass is 10.1. The number of rotatable bonds is 10. The summed E-state index contributed by atoms with van der Waals surface area (Å²) in [6, 6.07) is 12.6. The third-order valence-electron chi connectivity index (χ3n) is 4.86. The third kappa shape index (κ3) is 5.25. The summed E-state index contributed by atoms with van der Waals surface area (Å²) in [6.07, 6.45) is 0.516. The summed E-state index contributed by atoms with van der Waals surface area (Å²) in [6.45, 7) is 8.95. The molecule has 0 fully saturated rings. The number of halogens is 1. The van der Waals surface area contributed by atoms with Crippen LogP contribution in [0.1, 0.15) is 38.8 Å². The Hall–Kier alpha value is -2.99. The predicted octanol–water partition coefficient (Wildman–Crippen LogP) is 4.83. The largest absolute Gasteiger partial charge is 0.491 e. The molecule has 7 heteroatoms. The number of nitrogens with zero attached hydrogens (tertiary/aromatic N) is 1. The highest BCUT2D eigenvalue weighted by Crippen LogP contribution is 2.33. The molecule has 2 aromatic rings. The molecular formula is C25H28ClNO5. The van der Waals surface area contributed by atoms with Gasteiger partial charge in [0.2, 0.25) is 0 Å². The Morgan fingerprint density at radius 2 is 1.56 bits per heavy atom. The van der Waals surface area contributed by atoms with Gasteiger partial charge in [0.25, 0.3) is 11.8 Å². The summed E-state index contributed by atoms with van der Waals surface area (Å²) in [5.41, 5.74) is 1.73. The molecule has 0 N–H and O–H groups in total. The fourth-order valence-corrected chi connectivity index (χ4v) is 3.76. The molecule has 6 nitrogen and oxygen atoms in total. The molecular weight excluding hydrogens is 430 g/mol. The third-order valence-corrected chi connectivity index (χ3v) is 5.21.